The van der Waals surface area contributed by atoms with Crippen molar-refractivity contribution in [2.75, 3.05) is 19.6 Å². The van der Waals surface area contributed by atoms with E-state index in [1.165, 1.54) is 53.5 Å². The second-order valence-electron chi connectivity index (χ2n) is 10.4. The van der Waals surface area contributed by atoms with Crippen LogP contribution in [0.15, 0.2) is 75.2 Å². The number of nitrogens with one attached hydrogen (secondary N) is 2. The van der Waals surface area contributed by atoms with Crippen LogP contribution in [0, 0.1) is 0 Å². The molecule has 4 heterocycles. The SMILES string of the molecule is CCCCCCCN=C(C)c1ccc2c(-c3ccc(-c4cc5ccc(C6=NCCCN6)cc5o4)s3)c[nH]c2c1. The predicted octanol–water partition coefficient (Wildman–Crippen LogP) is 8.83. The number of thiophene rings is 1. The summed E-state index contributed by atoms with van der Waals surface area (Å²) in [4.78, 5) is 15.3. The highest BCUT2D eigenvalue weighted by Gasteiger charge is 2.15. The lowest BCUT2D eigenvalue weighted by Crippen LogP contribution is -2.30. The van der Waals surface area contributed by atoms with Gasteiger partial charge in [0.2, 0.25) is 0 Å². The number of unbranched alkanes of at least 4 members (excludes halogenated alkanes) is 4. The van der Waals surface area contributed by atoms with Crippen LogP contribution in [0.5, 0.6) is 0 Å². The van der Waals surface area contributed by atoms with Crippen molar-refractivity contribution < 1.29 is 4.42 Å². The van der Waals surface area contributed by atoms with E-state index in [4.69, 9.17) is 9.41 Å². The number of benzene rings is 2. The van der Waals surface area contributed by atoms with Crippen molar-refractivity contribution in [3.05, 3.63) is 71.9 Å². The molecule has 6 rings (SSSR count). The molecule has 0 amide bonds. The number of aromatic nitrogens is 1. The number of furan rings is 1. The zero-order valence-corrected chi connectivity index (χ0v) is 23.7. The Morgan fingerprint density at radius 3 is 2.77 bits per heavy atom. The van der Waals surface area contributed by atoms with Gasteiger partial charge in [-0.15, -0.1) is 11.3 Å². The average Bonchev–Trinajstić information content (AvgIpc) is 3.72. The number of aromatic amines is 1. The highest BCUT2D eigenvalue weighted by molar-refractivity contribution is 7.18. The number of hydrogen-bond acceptors (Lipinski definition) is 5. The van der Waals surface area contributed by atoms with E-state index < -0.39 is 0 Å². The molecule has 39 heavy (non-hydrogen) atoms. The topological polar surface area (TPSA) is 65.7 Å². The maximum absolute atomic E-state index is 6.31. The fraction of sp³-hybridized carbons (Fsp3) is 0.333. The quantitative estimate of drug-likeness (QED) is 0.138. The van der Waals surface area contributed by atoms with Crippen molar-refractivity contribution in [1.82, 2.24) is 10.3 Å². The molecule has 1 aliphatic heterocycles. The van der Waals surface area contributed by atoms with E-state index in [0.717, 1.165) is 70.3 Å². The van der Waals surface area contributed by atoms with Crippen LogP contribution in [-0.4, -0.2) is 36.2 Å². The van der Waals surface area contributed by atoms with Crippen LogP contribution in [-0.2, 0) is 0 Å². The van der Waals surface area contributed by atoms with Gasteiger partial charge in [0, 0.05) is 63.8 Å². The van der Waals surface area contributed by atoms with Gasteiger partial charge in [0.15, 0.2) is 0 Å². The third-order valence-corrected chi connectivity index (χ3v) is 8.65. The summed E-state index contributed by atoms with van der Waals surface area (Å²) >= 11 is 1.76. The minimum atomic E-state index is 0.878. The van der Waals surface area contributed by atoms with Crippen molar-refractivity contribution in [3.63, 3.8) is 0 Å². The summed E-state index contributed by atoms with van der Waals surface area (Å²) in [6, 6.07) is 19.5. The smallest absolute Gasteiger partial charge is 0.145 e. The number of rotatable bonds is 10. The molecule has 2 N–H and O–H groups in total. The van der Waals surface area contributed by atoms with Gasteiger partial charge in [0.25, 0.3) is 0 Å². The predicted molar refractivity (Wildman–Crippen MR) is 167 cm³/mol. The highest BCUT2D eigenvalue weighted by Crippen LogP contribution is 2.39. The van der Waals surface area contributed by atoms with E-state index in [-0.39, 0.29) is 0 Å². The monoisotopic (exact) mass is 536 g/mol. The molecule has 0 bridgehead atoms. The molecular weight excluding hydrogens is 500 g/mol. The van der Waals surface area contributed by atoms with Gasteiger partial charge in [0.1, 0.15) is 17.2 Å². The Morgan fingerprint density at radius 1 is 1.00 bits per heavy atom. The van der Waals surface area contributed by atoms with Gasteiger partial charge >= 0.3 is 0 Å². The van der Waals surface area contributed by atoms with Crippen molar-refractivity contribution in [2.45, 2.75) is 52.4 Å². The first-order valence-electron chi connectivity index (χ1n) is 14.2. The molecular formula is C33H36N4OS. The first-order chi connectivity index (χ1) is 19.2. The Labute approximate surface area is 234 Å². The molecule has 200 valence electrons. The van der Waals surface area contributed by atoms with Crippen LogP contribution >= 0.6 is 11.3 Å². The van der Waals surface area contributed by atoms with Gasteiger partial charge in [-0.2, -0.15) is 0 Å². The van der Waals surface area contributed by atoms with E-state index in [2.05, 4.69) is 89.9 Å². The Bertz CT molecular complexity index is 1650. The van der Waals surface area contributed by atoms with Crippen molar-refractivity contribution in [1.29, 1.82) is 0 Å². The molecule has 0 atom stereocenters. The second-order valence-corrected chi connectivity index (χ2v) is 11.5. The van der Waals surface area contributed by atoms with Crippen molar-refractivity contribution in [2.24, 2.45) is 9.98 Å². The lowest BCUT2D eigenvalue weighted by molar-refractivity contribution is 0.633. The third kappa shape index (κ3) is 5.57. The summed E-state index contributed by atoms with van der Waals surface area (Å²) < 4.78 is 6.31. The zero-order valence-electron chi connectivity index (χ0n) is 22.8. The molecule has 3 aromatic heterocycles. The van der Waals surface area contributed by atoms with Gasteiger partial charge in [0.05, 0.1) is 4.88 Å². The molecule has 2 aromatic carbocycles. The minimum absolute atomic E-state index is 0.878. The molecule has 0 saturated heterocycles. The fourth-order valence-electron chi connectivity index (χ4n) is 5.25. The summed E-state index contributed by atoms with van der Waals surface area (Å²) in [5, 5.41) is 5.74. The number of H-pyrrole nitrogens is 1. The number of fused-ring (bicyclic) bond motifs is 2. The van der Waals surface area contributed by atoms with Gasteiger partial charge in [-0.05, 0) is 55.7 Å². The number of hydrogen-bond donors (Lipinski definition) is 2. The van der Waals surface area contributed by atoms with Gasteiger partial charge in [-0.1, -0.05) is 56.9 Å². The van der Waals surface area contributed by atoms with E-state index in [1.807, 2.05) is 0 Å². The number of amidine groups is 1. The third-order valence-electron chi connectivity index (χ3n) is 7.52. The van der Waals surface area contributed by atoms with Crippen LogP contribution in [0.25, 0.3) is 43.0 Å². The molecule has 6 heteroatoms. The van der Waals surface area contributed by atoms with Crippen LogP contribution in [0.3, 0.4) is 0 Å². The van der Waals surface area contributed by atoms with Crippen LogP contribution in [0.1, 0.15) is 63.5 Å². The van der Waals surface area contributed by atoms with Gasteiger partial charge in [-0.25, -0.2) is 0 Å². The summed E-state index contributed by atoms with van der Waals surface area (Å²) in [7, 11) is 0. The molecule has 0 fully saturated rings. The summed E-state index contributed by atoms with van der Waals surface area (Å²) in [5.41, 5.74) is 6.64. The Morgan fingerprint density at radius 2 is 1.90 bits per heavy atom. The number of nitrogens with zero attached hydrogens (tertiary/aromatic N) is 2. The maximum atomic E-state index is 6.31. The molecule has 1 aliphatic rings. The van der Waals surface area contributed by atoms with E-state index in [0.29, 0.717) is 0 Å². The first kappa shape index (κ1) is 25.6. The molecule has 0 spiro atoms. The fourth-order valence-corrected chi connectivity index (χ4v) is 6.24. The number of aliphatic imine (C=N–C) groups is 2. The average molecular weight is 537 g/mol. The Balaban J connectivity index is 1.19. The minimum Gasteiger partial charge on any atom is -0.455 e. The van der Waals surface area contributed by atoms with Gasteiger partial charge < -0.3 is 14.7 Å². The summed E-state index contributed by atoms with van der Waals surface area (Å²) in [5.74, 6) is 1.87. The Kier molecular flexibility index (Phi) is 7.64. The normalized spacial score (nSPS) is 14.2. The van der Waals surface area contributed by atoms with Crippen LogP contribution < -0.4 is 5.32 Å². The molecule has 5 aromatic rings. The first-order valence-corrected chi connectivity index (χ1v) is 15.1. The Hall–Kier alpha value is -3.64. The van der Waals surface area contributed by atoms with E-state index in [1.54, 1.807) is 11.3 Å². The molecule has 0 unspecified atom stereocenters. The standard InChI is InChI=1S/C33H36N4OS/c1-3-4-5-6-7-15-34-22(2)23-11-12-26-27(21-37-28(26)18-23)31-13-14-32(39-31)30-19-24-9-10-25(20-29(24)38-30)33-35-16-8-17-36-33/h9-14,18-21,37H,3-8,15-17H2,1-2H3,(H,35,36). The molecule has 0 aliphatic carbocycles. The van der Waals surface area contributed by atoms with Crippen LogP contribution in [0.4, 0.5) is 0 Å². The molecule has 0 radical (unpaired) electrons. The largest absolute Gasteiger partial charge is 0.455 e. The van der Waals surface area contributed by atoms with Gasteiger partial charge in [-0.3, -0.25) is 9.98 Å². The summed E-state index contributed by atoms with van der Waals surface area (Å²) in [6.45, 7) is 7.14. The lowest BCUT2D eigenvalue weighted by atomic mass is 10.1. The second kappa shape index (κ2) is 11.6. The lowest BCUT2D eigenvalue weighted by Gasteiger charge is -2.14. The van der Waals surface area contributed by atoms with Crippen molar-refractivity contribution >= 4 is 44.8 Å². The van der Waals surface area contributed by atoms with E-state index >= 15 is 0 Å². The highest BCUT2D eigenvalue weighted by atomic mass is 32.1. The summed E-state index contributed by atoms with van der Waals surface area (Å²) in [6.07, 6.45) is 9.57. The molecule has 0 saturated carbocycles. The van der Waals surface area contributed by atoms with Crippen LogP contribution in [0.2, 0.25) is 0 Å². The zero-order chi connectivity index (χ0) is 26.6. The van der Waals surface area contributed by atoms with E-state index in [9.17, 15) is 0 Å². The maximum Gasteiger partial charge on any atom is 0.145 e. The van der Waals surface area contributed by atoms with Crippen molar-refractivity contribution in [3.8, 4) is 21.1 Å². The molecule has 5 nitrogen and oxygen atoms in total.